The molecule has 5 heteroatoms. The molecule has 0 aliphatic heterocycles. The zero-order valence-electron chi connectivity index (χ0n) is 13.0. The molecule has 1 atom stereocenters. The Morgan fingerprint density at radius 1 is 1.50 bits per heavy atom. The predicted molar refractivity (Wildman–Crippen MR) is 79.7 cm³/mol. The van der Waals surface area contributed by atoms with Gasteiger partial charge in [0, 0.05) is 24.9 Å². The lowest BCUT2D eigenvalue weighted by Gasteiger charge is -2.21. The Kier molecular flexibility index (Phi) is 6.71. The van der Waals surface area contributed by atoms with Crippen molar-refractivity contribution in [2.45, 2.75) is 59.5 Å². The number of aryl methyl sites for hydroxylation is 1. The third-order valence-corrected chi connectivity index (χ3v) is 3.63. The average Bonchev–Trinajstić information content (AvgIpc) is 2.77. The lowest BCUT2D eigenvalue weighted by atomic mass is 10.0. The summed E-state index contributed by atoms with van der Waals surface area (Å²) in [5.41, 5.74) is 1.53. The molecule has 1 aromatic heterocycles. The zero-order valence-corrected chi connectivity index (χ0v) is 13.0. The monoisotopic (exact) mass is 281 g/mol. The van der Waals surface area contributed by atoms with Gasteiger partial charge in [0.05, 0.1) is 11.8 Å². The number of unbranched alkanes of at least 4 members (excludes halogenated alkanes) is 1. The fraction of sp³-hybridized carbons (Fsp3) is 0.733. The van der Waals surface area contributed by atoms with E-state index in [1.165, 1.54) is 0 Å². The summed E-state index contributed by atoms with van der Waals surface area (Å²) in [7, 11) is 0. The topological polar surface area (TPSA) is 67.2 Å². The first kappa shape index (κ1) is 16.7. The van der Waals surface area contributed by atoms with Crippen molar-refractivity contribution in [3.8, 4) is 0 Å². The molecule has 114 valence electrons. The highest BCUT2D eigenvalue weighted by Gasteiger charge is 2.19. The Hall–Kier alpha value is -1.36. The second kappa shape index (κ2) is 8.04. The lowest BCUT2D eigenvalue weighted by molar-refractivity contribution is 0.0916. The Morgan fingerprint density at radius 3 is 2.75 bits per heavy atom. The van der Waals surface area contributed by atoms with Crippen LogP contribution in [-0.4, -0.2) is 33.4 Å². The van der Waals surface area contributed by atoms with E-state index in [2.05, 4.69) is 17.3 Å². The molecule has 1 amide bonds. The molecule has 0 aliphatic carbocycles. The molecule has 1 rings (SSSR count). The fourth-order valence-corrected chi connectivity index (χ4v) is 2.16. The summed E-state index contributed by atoms with van der Waals surface area (Å²) in [5.74, 6) is 0.193. The maximum absolute atomic E-state index is 12.3. The van der Waals surface area contributed by atoms with Crippen molar-refractivity contribution in [3.63, 3.8) is 0 Å². The minimum atomic E-state index is -0.0996. The quantitative estimate of drug-likeness (QED) is 0.767. The van der Waals surface area contributed by atoms with Crippen molar-refractivity contribution in [2.75, 3.05) is 6.61 Å². The molecular formula is C15H27N3O2. The zero-order chi connectivity index (χ0) is 15.1. The molecule has 1 aromatic rings. The lowest BCUT2D eigenvalue weighted by Crippen LogP contribution is -2.39. The average molecular weight is 281 g/mol. The van der Waals surface area contributed by atoms with Gasteiger partial charge >= 0.3 is 0 Å². The summed E-state index contributed by atoms with van der Waals surface area (Å²) in [6.07, 6.45) is 4.37. The van der Waals surface area contributed by atoms with Gasteiger partial charge < -0.3 is 10.4 Å². The van der Waals surface area contributed by atoms with E-state index < -0.39 is 0 Å². The minimum absolute atomic E-state index is 0.00843. The molecule has 0 bridgehead atoms. The summed E-state index contributed by atoms with van der Waals surface area (Å²) < 4.78 is 1.88. The van der Waals surface area contributed by atoms with E-state index >= 15 is 0 Å². The van der Waals surface area contributed by atoms with Crippen molar-refractivity contribution < 1.29 is 9.90 Å². The second-order valence-electron chi connectivity index (χ2n) is 5.56. The molecular weight excluding hydrogens is 254 g/mol. The van der Waals surface area contributed by atoms with Gasteiger partial charge in [-0.25, -0.2) is 0 Å². The number of amides is 1. The van der Waals surface area contributed by atoms with Crippen molar-refractivity contribution in [3.05, 3.63) is 17.5 Å². The van der Waals surface area contributed by atoms with Crippen LogP contribution in [-0.2, 0) is 6.54 Å². The van der Waals surface area contributed by atoms with Crippen molar-refractivity contribution >= 4 is 5.91 Å². The van der Waals surface area contributed by atoms with Crippen molar-refractivity contribution in [1.82, 2.24) is 15.1 Å². The number of nitrogens with zero attached hydrogens (tertiary/aromatic N) is 2. The van der Waals surface area contributed by atoms with Crippen LogP contribution in [0.3, 0.4) is 0 Å². The van der Waals surface area contributed by atoms with E-state index in [1.807, 2.05) is 25.5 Å². The number of aliphatic hydroxyl groups excluding tert-OH is 1. The molecule has 1 unspecified atom stereocenters. The predicted octanol–water partition coefficient (Wildman–Crippen LogP) is 2.13. The van der Waals surface area contributed by atoms with E-state index in [0.29, 0.717) is 17.9 Å². The van der Waals surface area contributed by atoms with Gasteiger partial charge in [-0.15, -0.1) is 0 Å². The molecule has 0 spiro atoms. The van der Waals surface area contributed by atoms with Gasteiger partial charge in [-0.05, 0) is 25.7 Å². The Bertz CT molecular complexity index is 427. The van der Waals surface area contributed by atoms with Crippen LogP contribution in [0, 0.1) is 12.8 Å². The number of hydrogen-bond donors (Lipinski definition) is 2. The number of rotatable bonds is 8. The Morgan fingerprint density at radius 2 is 2.20 bits per heavy atom. The highest BCUT2D eigenvalue weighted by molar-refractivity contribution is 5.95. The molecule has 0 saturated heterocycles. The van der Waals surface area contributed by atoms with Crippen LogP contribution in [0.4, 0.5) is 0 Å². The molecule has 1 heterocycles. The van der Waals surface area contributed by atoms with E-state index in [1.54, 1.807) is 6.20 Å². The fourth-order valence-electron chi connectivity index (χ4n) is 2.16. The highest BCUT2D eigenvalue weighted by Crippen LogP contribution is 2.11. The largest absolute Gasteiger partial charge is 0.396 e. The highest BCUT2D eigenvalue weighted by atomic mass is 16.3. The SMILES string of the molecule is CCCCn1ncc(C(=O)NC(CCO)C(C)C)c1C. The summed E-state index contributed by atoms with van der Waals surface area (Å²) >= 11 is 0. The number of hydrogen-bond acceptors (Lipinski definition) is 3. The molecule has 2 N–H and O–H groups in total. The maximum Gasteiger partial charge on any atom is 0.254 e. The summed E-state index contributed by atoms with van der Waals surface area (Å²) in [5, 5.41) is 16.3. The molecule has 0 aliphatic rings. The second-order valence-corrected chi connectivity index (χ2v) is 5.56. The molecule has 0 saturated carbocycles. The standard InChI is InChI=1S/C15H27N3O2/c1-5-6-8-18-12(4)13(10-16-18)15(20)17-14(7-9-19)11(2)3/h10-11,14,19H,5-9H2,1-4H3,(H,17,20). The number of aliphatic hydroxyl groups is 1. The summed E-state index contributed by atoms with van der Waals surface area (Å²) in [4.78, 5) is 12.3. The smallest absolute Gasteiger partial charge is 0.254 e. The Labute approximate surface area is 121 Å². The first-order valence-corrected chi connectivity index (χ1v) is 7.45. The van der Waals surface area contributed by atoms with Gasteiger partial charge in [-0.2, -0.15) is 5.10 Å². The van der Waals surface area contributed by atoms with Gasteiger partial charge in [0.2, 0.25) is 0 Å². The number of carbonyl (C=O) groups excluding carboxylic acids is 1. The third kappa shape index (κ3) is 4.34. The minimum Gasteiger partial charge on any atom is -0.396 e. The molecule has 20 heavy (non-hydrogen) atoms. The van der Waals surface area contributed by atoms with Crippen LogP contribution >= 0.6 is 0 Å². The van der Waals surface area contributed by atoms with Crippen LogP contribution in [0.25, 0.3) is 0 Å². The van der Waals surface area contributed by atoms with Gasteiger partial charge in [0.1, 0.15) is 0 Å². The summed E-state index contributed by atoms with van der Waals surface area (Å²) in [6, 6.07) is -0.00843. The molecule has 0 radical (unpaired) electrons. The Balaban J connectivity index is 2.74. The molecule has 0 aromatic carbocycles. The van der Waals surface area contributed by atoms with E-state index in [0.717, 1.165) is 25.1 Å². The van der Waals surface area contributed by atoms with Gasteiger partial charge in [0.25, 0.3) is 5.91 Å². The van der Waals surface area contributed by atoms with Crippen LogP contribution in [0.1, 0.15) is 56.1 Å². The van der Waals surface area contributed by atoms with Gasteiger partial charge in [0.15, 0.2) is 0 Å². The van der Waals surface area contributed by atoms with Gasteiger partial charge in [-0.1, -0.05) is 27.2 Å². The first-order valence-electron chi connectivity index (χ1n) is 7.45. The van der Waals surface area contributed by atoms with E-state index in [9.17, 15) is 4.79 Å². The van der Waals surface area contributed by atoms with Gasteiger partial charge in [-0.3, -0.25) is 9.48 Å². The normalized spacial score (nSPS) is 12.7. The maximum atomic E-state index is 12.3. The number of nitrogens with one attached hydrogen (secondary N) is 1. The van der Waals surface area contributed by atoms with Crippen LogP contribution in [0.2, 0.25) is 0 Å². The van der Waals surface area contributed by atoms with Crippen LogP contribution in [0.15, 0.2) is 6.20 Å². The van der Waals surface area contributed by atoms with Crippen LogP contribution in [0.5, 0.6) is 0 Å². The molecule has 5 nitrogen and oxygen atoms in total. The number of carbonyl (C=O) groups is 1. The van der Waals surface area contributed by atoms with E-state index in [4.69, 9.17) is 5.11 Å². The third-order valence-electron chi connectivity index (χ3n) is 3.63. The first-order chi connectivity index (χ1) is 9.51. The van der Waals surface area contributed by atoms with Crippen LogP contribution < -0.4 is 5.32 Å². The number of aromatic nitrogens is 2. The summed E-state index contributed by atoms with van der Waals surface area (Å²) in [6.45, 7) is 9.07. The molecule has 0 fully saturated rings. The van der Waals surface area contributed by atoms with Crippen molar-refractivity contribution in [1.29, 1.82) is 0 Å². The van der Waals surface area contributed by atoms with E-state index in [-0.39, 0.29) is 18.6 Å². The van der Waals surface area contributed by atoms with Crippen molar-refractivity contribution in [2.24, 2.45) is 5.92 Å².